The van der Waals surface area contributed by atoms with Crippen LogP contribution in [0.5, 0.6) is 5.88 Å². The fourth-order valence-corrected chi connectivity index (χ4v) is 5.17. The second-order valence-electron chi connectivity index (χ2n) is 11.9. The number of amides is 1. The van der Waals surface area contributed by atoms with Gasteiger partial charge in [-0.25, -0.2) is 14.6 Å². The third kappa shape index (κ3) is 6.78. The molecule has 0 saturated heterocycles. The van der Waals surface area contributed by atoms with Crippen LogP contribution >= 0.6 is 0 Å². The third-order valence-electron chi connectivity index (χ3n) is 7.30. The van der Waals surface area contributed by atoms with Crippen molar-refractivity contribution in [3.63, 3.8) is 0 Å². The largest absolute Gasteiger partial charge is 0.465 e. The number of fused-ring (bicyclic) bond motifs is 1. The van der Waals surface area contributed by atoms with Gasteiger partial charge in [-0.15, -0.1) is 0 Å². The van der Waals surface area contributed by atoms with Crippen LogP contribution in [0.4, 0.5) is 21.9 Å². The van der Waals surface area contributed by atoms with E-state index in [2.05, 4.69) is 15.6 Å². The molecule has 4 aromatic carbocycles. The van der Waals surface area contributed by atoms with Crippen molar-refractivity contribution >= 4 is 34.2 Å². The number of anilines is 3. The van der Waals surface area contributed by atoms with Crippen molar-refractivity contribution in [2.45, 2.75) is 32.5 Å². The zero-order valence-corrected chi connectivity index (χ0v) is 26.1. The molecule has 0 atom stereocenters. The van der Waals surface area contributed by atoms with Gasteiger partial charge in [0, 0.05) is 30.2 Å². The second-order valence-corrected chi connectivity index (χ2v) is 11.9. The second kappa shape index (κ2) is 12.6. The lowest BCUT2D eigenvalue weighted by Gasteiger charge is -2.19. The number of carbonyl (C=O) groups is 1. The van der Waals surface area contributed by atoms with Crippen molar-refractivity contribution < 1.29 is 14.3 Å². The van der Waals surface area contributed by atoms with Crippen LogP contribution in [0.2, 0.25) is 0 Å². The maximum absolute atomic E-state index is 13.4. The molecule has 9 heteroatoms. The molecule has 0 aliphatic rings. The van der Waals surface area contributed by atoms with E-state index in [-0.39, 0.29) is 11.8 Å². The quantitative estimate of drug-likeness (QED) is 0.181. The van der Waals surface area contributed by atoms with E-state index in [1.54, 1.807) is 40.6 Å². The summed E-state index contributed by atoms with van der Waals surface area (Å²) >= 11 is 0. The number of nitrogens with one attached hydrogen (secondary N) is 2. The maximum atomic E-state index is 13.4. The summed E-state index contributed by atoms with van der Waals surface area (Å²) in [7, 11) is 1.75. The van der Waals surface area contributed by atoms with Crippen molar-refractivity contribution in [2.24, 2.45) is 7.05 Å². The van der Waals surface area contributed by atoms with Gasteiger partial charge in [-0.2, -0.15) is 0 Å². The highest BCUT2D eigenvalue weighted by atomic mass is 16.6. The third-order valence-corrected chi connectivity index (χ3v) is 7.30. The minimum absolute atomic E-state index is 0.188. The molecule has 6 rings (SSSR count). The number of aromatic nitrogens is 3. The Labute approximate surface area is 267 Å². The summed E-state index contributed by atoms with van der Waals surface area (Å²) in [6.07, 6.45) is 0.816. The average molecular weight is 614 g/mol. The Morgan fingerprint density at radius 3 is 1.96 bits per heavy atom. The first kappa shape index (κ1) is 30.2. The lowest BCUT2D eigenvalue weighted by molar-refractivity contribution is 0.0636. The van der Waals surface area contributed by atoms with Gasteiger partial charge in [0.2, 0.25) is 5.88 Å². The Kier molecular flexibility index (Phi) is 8.31. The van der Waals surface area contributed by atoms with Crippen molar-refractivity contribution in [3.8, 4) is 11.6 Å². The number of hydrogen-bond donors (Lipinski definition) is 2. The van der Waals surface area contributed by atoms with Gasteiger partial charge in [0.1, 0.15) is 5.60 Å². The number of carbonyl (C=O) groups excluding carboxylic acids is 1. The van der Waals surface area contributed by atoms with E-state index >= 15 is 0 Å². The highest BCUT2D eigenvalue weighted by molar-refractivity contribution is 5.86. The van der Waals surface area contributed by atoms with Gasteiger partial charge in [0.15, 0.2) is 6.10 Å². The lowest BCUT2D eigenvalue weighted by atomic mass is 10.0. The summed E-state index contributed by atoms with van der Waals surface area (Å²) in [5.41, 5.74) is 5.65. The smallest absolute Gasteiger partial charge is 0.412 e. The monoisotopic (exact) mass is 613 g/mol. The first-order chi connectivity index (χ1) is 22.1. The van der Waals surface area contributed by atoms with Crippen molar-refractivity contribution in [3.05, 3.63) is 143 Å². The molecule has 1 amide bonds. The van der Waals surface area contributed by atoms with Crippen molar-refractivity contribution in [1.29, 1.82) is 0 Å². The Hall–Kier alpha value is -5.83. The molecule has 0 spiro atoms. The van der Waals surface area contributed by atoms with Gasteiger partial charge in [0.25, 0.3) is 0 Å². The van der Waals surface area contributed by atoms with Crippen LogP contribution in [-0.4, -0.2) is 25.8 Å². The summed E-state index contributed by atoms with van der Waals surface area (Å²) in [6, 6.07) is 36.7. The summed E-state index contributed by atoms with van der Waals surface area (Å²) in [5, 5.41) is 6.10. The molecule has 6 aromatic rings. The van der Waals surface area contributed by atoms with Gasteiger partial charge in [0.05, 0.1) is 22.9 Å². The zero-order chi connectivity index (χ0) is 32.3. The number of benzene rings is 4. The van der Waals surface area contributed by atoms with Crippen LogP contribution in [0.1, 0.15) is 38.0 Å². The maximum Gasteiger partial charge on any atom is 0.412 e. The molecule has 46 heavy (non-hydrogen) atoms. The number of hydrogen-bond acceptors (Lipinski definition) is 6. The molecule has 2 heterocycles. The number of ether oxygens (including phenoxy) is 2. The van der Waals surface area contributed by atoms with Crippen molar-refractivity contribution in [1.82, 2.24) is 14.1 Å². The number of aryl methyl sites for hydroxylation is 1. The van der Waals surface area contributed by atoms with E-state index in [9.17, 15) is 9.59 Å². The summed E-state index contributed by atoms with van der Waals surface area (Å²) < 4.78 is 14.9. The number of nitrogens with zero attached hydrogens (tertiary/aromatic N) is 3. The molecule has 0 unspecified atom stereocenters. The Morgan fingerprint density at radius 1 is 0.761 bits per heavy atom. The first-order valence-electron chi connectivity index (χ1n) is 15.0. The average Bonchev–Trinajstić information content (AvgIpc) is 3.29. The van der Waals surface area contributed by atoms with Gasteiger partial charge >= 0.3 is 11.8 Å². The normalized spacial score (nSPS) is 11.4. The van der Waals surface area contributed by atoms with E-state index in [4.69, 9.17) is 9.47 Å². The van der Waals surface area contributed by atoms with Gasteiger partial charge in [-0.1, -0.05) is 60.7 Å². The summed E-state index contributed by atoms with van der Waals surface area (Å²) in [6.45, 7) is 5.45. The fraction of sp³-hybridized carbons (Fsp3) is 0.162. The Bertz CT molecular complexity index is 1970. The summed E-state index contributed by atoms with van der Waals surface area (Å²) in [5.74, 6) is 0.452. The molecule has 2 N–H and O–H groups in total. The minimum atomic E-state index is -0.577. The van der Waals surface area contributed by atoms with Crippen LogP contribution in [0.25, 0.3) is 16.7 Å². The summed E-state index contributed by atoms with van der Waals surface area (Å²) in [4.78, 5) is 30.1. The zero-order valence-electron chi connectivity index (χ0n) is 26.1. The molecule has 0 aliphatic carbocycles. The van der Waals surface area contributed by atoms with Gasteiger partial charge < -0.3 is 14.8 Å². The predicted molar refractivity (Wildman–Crippen MR) is 181 cm³/mol. The van der Waals surface area contributed by atoms with Crippen LogP contribution in [-0.2, 0) is 11.8 Å². The van der Waals surface area contributed by atoms with Crippen LogP contribution < -0.4 is 21.1 Å². The first-order valence-corrected chi connectivity index (χ1v) is 15.0. The minimum Gasteiger partial charge on any atom is -0.465 e. The molecule has 0 radical (unpaired) electrons. The number of imidazole rings is 1. The van der Waals surface area contributed by atoms with Crippen LogP contribution in [0, 0.1) is 0 Å². The molecular formula is C37H35N5O4. The number of pyridine rings is 1. The van der Waals surface area contributed by atoms with Crippen LogP contribution in [0.15, 0.2) is 126 Å². The van der Waals surface area contributed by atoms with E-state index in [1.807, 2.05) is 118 Å². The van der Waals surface area contributed by atoms with E-state index in [0.717, 1.165) is 33.5 Å². The van der Waals surface area contributed by atoms with Crippen LogP contribution in [0.3, 0.4) is 0 Å². The molecule has 9 nitrogen and oxygen atoms in total. The fourth-order valence-electron chi connectivity index (χ4n) is 5.17. The molecular weight excluding hydrogens is 578 g/mol. The van der Waals surface area contributed by atoms with E-state index in [0.29, 0.717) is 17.3 Å². The van der Waals surface area contributed by atoms with E-state index < -0.39 is 11.7 Å². The Morgan fingerprint density at radius 2 is 1.37 bits per heavy atom. The molecule has 0 bridgehead atoms. The standard InChI is InChI=1S/C37H35N5O4/c1-37(2,3)46-35(43)40-28-17-15-27(16-18-28)39-29-19-21-31-32(23-29)41(4)36(44)42(31)30-20-22-33(38-24-30)45-34(25-11-7-5-8-12-25)26-13-9-6-10-14-26/h5-24,34,39H,1-4H3,(H,40,43). The lowest BCUT2D eigenvalue weighted by Crippen LogP contribution is -2.27. The molecule has 2 aromatic heterocycles. The van der Waals surface area contributed by atoms with E-state index in [1.165, 1.54) is 0 Å². The highest BCUT2D eigenvalue weighted by Gasteiger charge is 2.19. The van der Waals surface area contributed by atoms with Gasteiger partial charge in [-0.3, -0.25) is 14.5 Å². The molecule has 232 valence electrons. The SMILES string of the molecule is Cn1c(=O)n(-c2ccc(OC(c3ccccc3)c3ccccc3)nc2)c2ccc(Nc3ccc(NC(=O)OC(C)(C)C)cc3)cc21. The van der Waals surface area contributed by atoms with Crippen molar-refractivity contribution in [2.75, 3.05) is 10.6 Å². The number of rotatable bonds is 8. The predicted octanol–water partition coefficient (Wildman–Crippen LogP) is 7.98. The Balaban J connectivity index is 1.20. The topological polar surface area (TPSA) is 99.4 Å². The molecule has 0 fully saturated rings. The molecule has 0 aliphatic heterocycles. The molecule has 0 saturated carbocycles. The highest BCUT2D eigenvalue weighted by Crippen LogP contribution is 2.29. The van der Waals surface area contributed by atoms with Gasteiger partial charge in [-0.05, 0) is 80.4 Å².